The van der Waals surface area contributed by atoms with E-state index in [1.807, 2.05) is 19.9 Å². The van der Waals surface area contributed by atoms with Crippen molar-refractivity contribution in [3.05, 3.63) is 12.2 Å². The number of carbonyl (C=O) groups excluding carboxylic acids is 1. The molecule has 0 saturated heterocycles. The van der Waals surface area contributed by atoms with Gasteiger partial charge in [0.05, 0.1) is 5.41 Å². The summed E-state index contributed by atoms with van der Waals surface area (Å²) in [7, 11) is 0. The van der Waals surface area contributed by atoms with Gasteiger partial charge in [0.15, 0.2) is 0 Å². The van der Waals surface area contributed by atoms with Crippen LogP contribution < -0.4 is 5.32 Å². The summed E-state index contributed by atoms with van der Waals surface area (Å²) >= 11 is 0. The lowest BCUT2D eigenvalue weighted by atomic mass is 9.86. The molecule has 0 aliphatic carbocycles. The highest BCUT2D eigenvalue weighted by molar-refractivity contribution is 5.85. The highest BCUT2D eigenvalue weighted by Gasteiger charge is 2.30. The average molecular weight is 167 g/mol. The lowest BCUT2D eigenvalue weighted by Crippen LogP contribution is -2.47. The van der Waals surface area contributed by atoms with Crippen LogP contribution >= 0.6 is 0 Å². The van der Waals surface area contributed by atoms with E-state index in [9.17, 15) is 4.79 Å². The Morgan fingerprint density at radius 2 is 2.08 bits per heavy atom. The van der Waals surface area contributed by atoms with Crippen molar-refractivity contribution in [3.63, 3.8) is 0 Å². The summed E-state index contributed by atoms with van der Waals surface area (Å²) in [5.41, 5.74) is -0.328. The molecule has 1 aliphatic rings. The molecule has 2 heteroatoms. The van der Waals surface area contributed by atoms with Crippen LogP contribution in [0.3, 0.4) is 0 Å². The van der Waals surface area contributed by atoms with Crippen LogP contribution in [0.4, 0.5) is 0 Å². The molecule has 0 radical (unpaired) electrons. The maximum absolute atomic E-state index is 11.5. The molecule has 1 aliphatic heterocycles. The molecule has 0 fully saturated rings. The summed E-state index contributed by atoms with van der Waals surface area (Å²) in [4.78, 5) is 11.5. The SMILES string of the molecule is CC(C)[C@H]1C=CC(C)(C)C(=O)N1. The van der Waals surface area contributed by atoms with Crippen molar-refractivity contribution >= 4 is 5.91 Å². The maximum Gasteiger partial charge on any atom is 0.229 e. The van der Waals surface area contributed by atoms with Crippen LogP contribution in [0.25, 0.3) is 0 Å². The van der Waals surface area contributed by atoms with Crippen molar-refractivity contribution in [2.45, 2.75) is 33.7 Å². The molecule has 0 spiro atoms. The molecular formula is C10H17NO. The number of hydrogen-bond acceptors (Lipinski definition) is 1. The monoisotopic (exact) mass is 167 g/mol. The van der Waals surface area contributed by atoms with Crippen molar-refractivity contribution in [2.24, 2.45) is 11.3 Å². The minimum atomic E-state index is -0.328. The van der Waals surface area contributed by atoms with Gasteiger partial charge in [0, 0.05) is 6.04 Å². The third-order valence-corrected chi connectivity index (χ3v) is 2.32. The number of carbonyl (C=O) groups is 1. The summed E-state index contributed by atoms with van der Waals surface area (Å²) in [6, 6.07) is 0.213. The van der Waals surface area contributed by atoms with Gasteiger partial charge < -0.3 is 5.32 Å². The predicted octanol–water partition coefficient (Wildman–Crippen LogP) is 1.72. The molecule has 1 heterocycles. The zero-order chi connectivity index (χ0) is 9.35. The van der Waals surface area contributed by atoms with Crippen LogP contribution in [0.1, 0.15) is 27.7 Å². The third-order valence-electron chi connectivity index (χ3n) is 2.32. The van der Waals surface area contributed by atoms with Gasteiger partial charge in [-0.15, -0.1) is 0 Å². The van der Waals surface area contributed by atoms with E-state index in [0.29, 0.717) is 5.92 Å². The summed E-state index contributed by atoms with van der Waals surface area (Å²) in [5, 5.41) is 2.98. The fraction of sp³-hybridized carbons (Fsp3) is 0.700. The predicted molar refractivity (Wildman–Crippen MR) is 49.7 cm³/mol. The van der Waals surface area contributed by atoms with Crippen LogP contribution in [0.2, 0.25) is 0 Å². The van der Waals surface area contributed by atoms with Gasteiger partial charge in [-0.05, 0) is 19.8 Å². The van der Waals surface area contributed by atoms with Crippen LogP contribution in [0.15, 0.2) is 12.2 Å². The quantitative estimate of drug-likeness (QED) is 0.592. The fourth-order valence-corrected chi connectivity index (χ4v) is 1.19. The van der Waals surface area contributed by atoms with E-state index in [1.54, 1.807) is 0 Å². The molecule has 1 rings (SSSR count). The normalized spacial score (nSPS) is 27.4. The molecule has 0 aromatic heterocycles. The number of hydrogen-bond donors (Lipinski definition) is 1. The van der Waals surface area contributed by atoms with Gasteiger partial charge in [0.1, 0.15) is 0 Å². The van der Waals surface area contributed by atoms with E-state index < -0.39 is 0 Å². The lowest BCUT2D eigenvalue weighted by molar-refractivity contribution is -0.128. The van der Waals surface area contributed by atoms with Gasteiger partial charge in [0.2, 0.25) is 5.91 Å². The maximum atomic E-state index is 11.5. The molecule has 0 aromatic carbocycles. The first-order valence-electron chi connectivity index (χ1n) is 4.44. The average Bonchev–Trinajstić information content (AvgIpc) is 1.94. The standard InChI is InChI=1S/C10H17NO/c1-7(2)8-5-6-10(3,4)9(12)11-8/h5-8H,1-4H3,(H,11,12)/t8-/m1/s1. The Balaban J connectivity index is 2.77. The Labute approximate surface area is 74.0 Å². The molecule has 0 aromatic rings. The van der Waals surface area contributed by atoms with Crippen molar-refractivity contribution in [2.75, 3.05) is 0 Å². The molecule has 0 unspecified atom stereocenters. The van der Waals surface area contributed by atoms with Crippen LogP contribution in [0, 0.1) is 11.3 Å². The van der Waals surface area contributed by atoms with Crippen LogP contribution in [-0.4, -0.2) is 11.9 Å². The minimum absolute atomic E-state index is 0.128. The van der Waals surface area contributed by atoms with E-state index in [2.05, 4.69) is 25.2 Å². The Morgan fingerprint density at radius 3 is 2.50 bits per heavy atom. The molecule has 0 bridgehead atoms. The second-order valence-corrected chi connectivity index (χ2v) is 4.32. The number of amides is 1. The van der Waals surface area contributed by atoms with Crippen LogP contribution in [-0.2, 0) is 4.79 Å². The summed E-state index contributed by atoms with van der Waals surface area (Å²) in [6.45, 7) is 8.06. The van der Waals surface area contributed by atoms with Gasteiger partial charge in [-0.2, -0.15) is 0 Å². The second kappa shape index (κ2) is 2.92. The van der Waals surface area contributed by atoms with E-state index in [1.165, 1.54) is 0 Å². The summed E-state index contributed by atoms with van der Waals surface area (Å²) in [5.74, 6) is 0.602. The summed E-state index contributed by atoms with van der Waals surface area (Å²) < 4.78 is 0. The fourth-order valence-electron chi connectivity index (χ4n) is 1.19. The Morgan fingerprint density at radius 1 is 1.50 bits per heavy atom. The van der Waals surface area contributed by atoms with Crippen molar-refractivity contribution in [1.29, 1.82) is 0 Å². The van der Waals surface area contributed by atoms with Gasteiger partial charge in [-0.1, -0.05) is 26.0 Å². The van der Waals surface area contributed by atoms with Gasteiger partial charge in [-0.3, -0.25) is 4.79 Å². The zero-order valence-electron chi connectivity index (χ0n) is 8.22. The van der Waals surface area contributed by atoms with E-state index in [4.69, 9.17) is 0 Å². The second-order valence-electron chi connectivity index (χ2n) is 4.32. The van der Waals surface area contributed by atoms with Crippen molar-refractivity contribution in [1.82, 2.24) is 5.32 Å². The molecule has 1 N–H and O–H groups in total. The minimum Gasteiger partial charge on any atom is -0.349 e. The van der Waals surface area contributed by atoms with Gasteiger partial charge in [-0.25, -0.2) is 0 Å². The van der Waals surface area contributed by atoms with Crippen LogP contribution in [0.5, 0.6) is 0 Å². The number of nitrogens with one attached hydrogen (secondary N) is 1. The molecular weight excluding hydrogens is 150 g/mol. The Hall–Kier alpha value is -0.790. The molecule has 0 saturated carbocycles. The highest BCUT2D eigenvalue weighted by Crippen LogP contribution is 2.23. The van der Waals surface area contributed by atoms with E-state index >= 15 is 0 Å². The topological polar surface area (TPSA) is 29.1 Å². The Bertz CT molecular complexity index is 216. The Kier molecular flexibility index (Phi) is 2.27. The molecule has 2 nitrogen and oxygen atoms in total. The van der Waals surface area contributed by atoms with Gasteiger partial charge >= 0.3 is 0 Å². The smallest absolute Gasteiger partial charge is 0.229 e. The van der Waals surface area contributed by atoms with Gasteiger partial charge in [0.25, 0.3) is 0 Å². The third kappa shape index (κ3) is 1.68. The molecule has 12 heavy (non-hydrogen) atoms. The molecule has 68 valence electrons. The zero-order valence-corrected chi connectivity index (χ0v) is 8.22. The largest absolute Gasteiger partial charge is 0.349 e. The first kappa shape index (κ1) is 9.30. The van der Waals surface area contributed by atoms with Crippen molar-refractivity contribution < 1.29 is 4.79 Å². The first-order chi connectivity index (χ1) is 5.43. The lowest BCUT2D eigenvalue weighted by Gasteiger charge is -2.30. The summed E-state index contributed by atoms with van der Waals surface area (Å²) in [6.07, 6.45) is 4.09. The van der Waals surface area contributed by atoms with E-state index in [0.717, 1.165) is 0 Å². The molecule has 1 amide bonds. The van der Waals surface area contributed by atoms with Crippen molar-refractivity contribution in [3.8, 4) is 0 Å². The number of rotatable bonds is 1. The van der Waals surface area contributed by atoms with E-state index in [-0.39, 0.29) is 17.4 Å². The molecule has 1 atom stereocenters. The first-order valence-corrected chi connectivity index (χ1v) is 4.44. The highest BCUT2D eigenvalue weighted by atomic mass is 16.2.